The smallest absolute Gasteiger partial charge is 0.321 e. The molecule has 0 radical (unpaired) electrons. The number of carbonyl (C=O) groups is 2. The van der Waals surface area contributed by atoms with E-state index in [4.69, 9.17) is 5.11 Å². The fourth-order valence-corrected chi connectivity index (χ4v) is 3.48. The number of thiol groups is 1. The second kappa shape index (κ2) is 6.08. The average Bonchev–Trinajstić information content (AvgIpc) is 2.60. The first-order valence-electron chi connectivity index (χ1n) is 5.31. The van der Waals surface area contributed by atoms with Crippen molar-refractivity contribution < 1.29 is 19.8 Å². The van der Waals surface area contributed by atoms with E-state index in [1.165, 1.54) is 18.7 Å². The van der Waals surface area contributed by atoms with Crippen LogP contribution in [-0.2, 0) is 9.59 Å². The van der Waals surface area contributed by atoms with Gasteiger partial charge in [0, 0.05) is 11.3 Å². The molecular formula is C10H17NO4S2. The van der Waals surface area contributed by atoms with Crippen molar-refractivity contribution in [3.8, 4) is 0 Å². The van der Waals surface area contributed by atoms with Gasteiger partial charge in [0.15, 0.2) is 5.12 Å². The third kappa shape index (κ3) is 3.37. The number of nitrogens with one attached hydrogen (secondary N) is 1. The molecule has 1 unspecified atom stereocenters. The lowest BCUT2D eigenvalue weighted by Crippen LogP contribution is -2.45. The van der Waals surface area contributed by atoms with E-state index >= 15 is 0 Å². The van der Waals surface area contributed by atoms with Crippen LogP contribution in [0.5, 0.6) is 0 Å². The predicted molar refractivity (Wildman–Crippen MR) is 69.4 cm³/mol. The third-order valence-electron chi connectivity index (χ3n) is 3.06. The minimum atomic E-state index is -0.928. The molecule has 0 amide bonds. The van der Waals surface area contributed by atoms with Crippen LogP contribution in [0.25, 0.3) is 0 Å². The van der Waals surface area contributed by atoms with Crippen molar-refractivity contribution in [2.45, 2.75) is 36.8 Å². The zero-order valence-electron chi connectivity index (χ0n) is 9.66. The van der Waals surface area contributed by atoms with Gasteiger partial charge in [0.2, 0.25) is 0 Å². The molecule has 5 atom stereocenters. The van der Waals surface area contributed by atoms with Crippen molar-refractivity contribution in [3.05, 3.63) is 0 Å². The average molecular weight is 279 g/mol. The van der Waals surface area contributed by atoms with E-state index in [1.807, 2.05) is 6.26 Å². The monoisotopic (exact) mass is 279 g/mol. The van der Waals surface area contributed by atoms with Gasteiger partial charge in [-0.1, -0.05) is 0 Å². The molecule has 5 nitrogen and oxygen atoms in total. The van der Waals surface area contributed by atoms with Gasteiger partial charge in [-0.05, 0) is 19.6 Å². The minimum Gasteiger partial charge on any atom is -0.480 e. The van der Waals surface area contributed by atoms with Crippen LogP contribution < -0.4 is 5.32 Å². The molecule has 0 aromatic carbocycles. The Hall–Kier alpha value is -0.240. The van der Waals surface area contributed by atoms with Gasteiger partial charge in [-0.2, -0.15) is 11.8 Å². The number of carboxylic acid groups (broad SMARTS) is 1. The van der Waals surface area contributed by atoms with E-state index in [9.17, 15) is 14.7 Å². The number of aliphatic hydroxyl groups excluding tert-OH is 1. The van der Waals surface area contributed by atoms with Crippen LogP contribution >= 0.6 is 24.4 Å². The summed E-state index contributed by atoms with van der Waals surface area (Å²) in [5.74, 6) is -1.60. The van der Waals surface area contributed by atoms with Gasteiger partial charge < -0.3 is 10.2 Å². The van der Waals surface area contributed by atoms with Crippen LogP contribution in [0.4, 0.5) is 0 Å². The van der Waals surface area contributed by atoms with Gasteiger partial charge in [0.25, 0.3) is 0 Å². The van der Waals surface area contributed by atoms with E-state index < -0.39 is 29.1 Å². The first-order chi connectivity index (χ1) is 7.88. The van der Waals surface area contributed by atoms with E-state index in [0.29, 0.717) is 6.42 Å². The Bertz CT molecular complexity index is 311. The van der Waals surface area contributed by atoms with Crippen molar-refractivity contribution in [2.75, 3.05) is 6.26 Å². The highest BCUT2D eigenvalue weighted by Gasteiger charge is 2.43. The van der Waals surface area contributed by atoms with Gasteiger partial charge in [0.05, 0.1) is 12.0 Å². The molecule has 1 fully saturated rings. The van der Waals surface area contributed by atoms with Crippen molar-refractivity contribution in [1.82, 2.24) is 5.32 Å². The van der Waals surface area contributed by atoms with Crippen LogP contribution in [0, 0.1) is 5.92 Å². The highest BCUT2D eigenvalue weighted by Crippen LogP contribution is 2.30. The SMILES string of the molecule is CS[C@H]1C[C@H]([C@H](C(=O)S)[C@@H](C)O)NC1C(=O)O. The van der Waals surface area contributed by atoms with Crippen molar-refractivity contribution in [1.29, 1.82) is 0 Å². The molecule has 1 saturated heterocycles. The first-order valence-corrected chi connectivity index (χ1v) is 7.04. The summed E-state index contributed by atoms with van der Waals surface area (Å²) in [5.41, 5.74) is 0. The van der Waals surface area contributed by atoms with E-state index in [1.54, 1.807) is 0 Å². The maximum atomic E-state index is 11.4. The van der Waals surface area contributed by atoms with Gasteiger partial charge in [-0.3, -0.25) is 14.9 Å². The Morgan fingerprint density at radius 2 is 2.12 bits per heavy atom. The Morgan fingerprint density at radius 3 is 2.41 bits per heavy atom. The molecule has 0 aromatic rings. The van der Waals surface area contributed by atoms with Gasteiger partial charge >= 0.3 is 5.97 Å². The predicted octanol–water partition coefficient (Wildman–Crippen LogP) is -0.0135. The molecule has 0 bridgehead atoms. The van der Waals surface area contributed by atoms with E-state index in [2.05, 4.69) is 17.9 Å². The number of aliphatic carboxylic acids is 1. The summed E-state index contributed by atoms with van der Waals surface area (Å²) in [7, 11) is 0. The summed E-state index contributed by atoms with van der Waals surface area (Å²) in [6.07, 6.45) is 1.54. The zero-order chi connectivity index (χ0) is 13.2. The molecule has 1 aliphatic heterocycles. The minimum absolute atomic E-state index is 0.0913. The summed E-state index contributed by atoms with van der Waals surface area (Å²) in [4.78, 5) is 22.4. The Morgan fingerprint density at radius 1 is 1.53 bits per heavy atom. The maximum absolute atomic E-state index is 11.4. The normalized spacial score (nSPS) is 32.1. The Balaban J connectivity index is 2.81. The van der Waals surface area contributed by atoms with Crippen LogP contribution in [0.15, 0.2) is 0 Å². The van der Waals surface area contributed by atoms with Gasteiger partial charge in [-0.25, -0.2) is 0 Å². The highest BCUT2D eigenvalue weighted by molar-refractivity contribution is 7.99. The van der Waals surface area contributed by atoms with E-state index in [0.717, 1.165) is 0 Å². The van der Waals surface area contributed by atoms with Crippen molar-refractivity contribution >= 4 is 35.5 Å². The van der Waals surface area contributed by atoms with Gasteiger partial charge in [0.1, 0.15) is 6.04 Å². The van der Waals surface area contributed by atoms with Crippen molar-refractivity contribution in [3.63, 3.8) is 0 Å². The molecule has 1 heterocycles. The van der Waals surface area contributed by atoms with Crippen LogP contribution in [-0.4, -0.2) is 51.0 Å². The fourth-order valence-electron chi connectivity index (χ4n) is 2.22. The van der Waals surface area contributed by atoms with Crippen LogP contribution in [0.2, 0.25) is 0 Å². The van der Waals surface area contributed by atoms with E-state index in [-0.39, 0.29) is 11.3 Å². The van der Waals surface area contributed by atoms with Gasteiger partial charge in [-0.15, -0.1) is 12.6 Å². The lowest BCUT2D eigenvalue weighted by molar-refractivity contribution is -0.139. The number of hydrogen-bond acceptors (Lipinski definition) is 5. The first kappa shape index (κ1) is 14.8. The van der Waals surface area contributed by atoms with Crippen LogP contribution in [0.3, 0.4) is 0 Å². The quantitative estimate of drug-likeness (QED) is 0.530. The summed E-state index contributed by atoms with van der Waals surface area (Å²) in [6, 6.07) is -1.01. The summed E-state index contributed by atoms with van der Waals surface area (Å²) in [6.45, 7) is 1.52. The molecule has 17 heavy (non-hydrogen) atoms. The molecule has 1 rings (SSSR count). The number of carboxylic acids is 1. The molecule has 98 valence electrons. The maximum Gasteiger partial charge on any atom is 0.321 e. The number of hydrogen-bond donors (Lipinski definition) is 4. The zero-order valence-corrected chi connectivity index (χ0v) is 11.4. The van der Waals surface area contributed by atoms with Crippen LogP contribution in [0.1, 0.15) is 13.3 Å². The van der Waals surface area contributed by atoms with Crippen molar-refractivity contribution in [2.24, 2.45) is 5.92 Å². The molecule has 1 aliphatic rings. The largest absolute Gasteiger partial charge is 0.480 e. The number of rotatable bonds is 5. The molecule has 7 heteroatoms. The molecule has 0 aromatic heterocycles. The third-order valence-corrected chi connectivity index (χ3v) is 4.43. The summed E-state index contributed by atoms with van der Waals surface area (Å²) >= 11 is 5.21. The molecular weight excluding hydrogens is 262 g/mol. The standard InChI is InChI=1S/C10H17NO4S2/c1-4(12)7(10(15)16)5-3-6(17-2)8(11-5)9(13)14/h4-8,11-12H,3H2,1-2H3,(H,13,14)(H,15,16)/t4-,5-,6+,7-,8?/m1/s1. The molecule has 0 aliphatic carbocycles. The molecule has 0 spiro atoms. The number of carbonyl (C=O) groups excluding carboxylic acids is 1. The number of aliphatic hydroxyl groups is 1. The highest BCUT2D eigenvalue weighted by atomic mass is 32.2. The number of thioether (sulfide) groups is 1. The molecule has 0 saturated carbocycles. The second-order valence-corrected chi connectivity index (χ2v) is 5.72. The summed E-state index contributed by atoms with van der Waals surface area (Å²) < 4.78 is 0. The topological polar surface area (TPSA) is 86.6 Å². The lowest BCUT2D eigenvalue weighted by atomic mass is 9.94. The second-order valence-electron chi connectivity index (χ2n) is 4.20. The Kier molecular flexibility index (Phi) is 5.30. The summed E-state index contributed by atoms with van der Waals surface area (Å²) in [5, 5.41) is 21.0. The lowest BCUT2D eigenvalue weighted by Gasteiger charge is -2.23. The molecule has 3 N–H and O–H groups in total. The Labute approximate surface area is 110 Å². The fraction of sp³-hybridized carbons (Fsp3) is 0.800.